The van der Waals surface area contributed by atoms with Crippen LogP contribution in [-0.2, 0) is 23.7 Å². The van der Waals surface area contributed by atoms with Gasteiger partial charge in [0.2, 0.25) is 0 Å². The van der Waals surface area contributed by atoms with Crippen molar-refractivity contribution in [3.8, 4) is 0 Å². The number of hydrogen-bond donors (Lipinski definition) is 8. The van der Waals surface area contributed by atoms with E-state index in [9.17, 15) is 45.6 Å². The van der Waals surface area contributed by atoms with Crippen LogP contribution in [0, 0.1) is 34.5 Å². The first-order valence-electron chi connectivity index (χ1n) is 16.9. The van der Waals surface area contributed by atoms with Crippen molar-refractivity contribution in [1.82, 2.24) is 0 Å². The molecule has 13 nitrogen and oxygen atoms in total. The second-order valence-electron chi connectivity index (χ2n) is 15.2. The first-order valence-corrected chi connectivity index (χ1v) is 16.9. The molecular formula is C33H52O13. The zero-order valence-electron chi connectivity index (χ0n) is 26.8. The standard InChI is InChI=1S/C33H52O13/c1-14(19-11-20(37)23-17-5-4-15-10-16(36)6-8-32(15,2)18(17)7-9-33(19,23)3)43-30-28(42)26(40)29(22(13-35)45-30)46-31-27(41)25(39)24(38)21(12-34)44-31/h10,14,17-31,34-35,37-42H,4-9,11-13H2,1-3H3. The number of rotatable bonds is 7. The fourth-order valence-corrected chi connectivity index (χ4v) is 10.4. The summed E-state index contributed by atoms with van der Waals surface area (Å²) in [5.41, 5.74) is 0.997. The number of ketones is 1. The third-order valence-corrected chi connectivity index (χ3v) is 12.9. The molecule has 46 heavy (non-hydrogen) atoms. The van der Waals surface area contributed by atoms with Gasteiger partial charge in [-0.1, -0.05) is 19.4 Å². The van der Waals surface area contributed by atoms with E-state index in [4.69, 9.17) is 18.9 Å². The average molecular weight is 657 g/mol. The molecule has 8 N–H and O–H groups in total. The lowest BCUT2D eigenvalue weighted by molar-refractivity contribution is -0.364. The van der Waals surface area contributed by atoms with Gasteiger partial charge < -0.3 is 59.8 Å². The number of fused-ring (bicyclic) bond motifs is 5. The van der Waals surface area contributed by atoms with Crippen molar-refractivity contribution in [3.05, 3.63) is 11.6 Å². The van der Waals surface area contributed by atoms with Crippen LogP contribution in [0.4, 0.5) is 0 Å². The van der Waals surface area contributed by atoms with Gasteiger partial charge in [0.15, 0.2) is 18.4 Å². The van der Waals surface area contributed by atoms with Gasteiger partial charge in [-0.3, -0.25) is 4.79 Å². The van der Waals surface area contributed by atoms with Crippen molar-refractivity contribution < 1.29 is 64.6 Å². The molecule has 2 aliphatic heterocycles. The van der Waals surface area contributed by atoms with E-state index in [1.54, 1.807) is 0 Å². The molecule has 0 aromatic heterocycles. The highest BCUT2D eigenvalue weighted by atomic mass is 16.7. The largest absolute Gasteiger partial charge is 0.394 e. The minimum absolute atomic E-state index is 0.0260. The Morgan fingerprint density at radius 1 is 0.870 bits per heavy atom. The number of aliphatic hydroxyl groups excluding tert-OH is 8. The lowest BCUT2D eigenvalue weighted by Crippen LogP contribution is -2.65. The maximum Gasteiger partial charge on any atom is 0.187 e. The van der Waals surface area contributed by atoms with Crippen molar-refractivity contribution in [2.45, 2.75) is 139 Å². The Balaban J connectivity index is 1.13. The normalized spacial score (nSPS) is 53.2. The maximum absolute atomic E-state index is 12.2. The first-order chi connectivity index (χ1) is 21.7. The van der Waals surface area contributed by atoms with E-state index in [0.717, 1.165) is 32.1 Å². The van der Waals surface area contributed by atoms with Crippen LogP contribution in [0.1, 0.15) is 65.7 Å². The number of carbonyl (C=O) groups is 1. The van der Waals surface area contributed by atoms with Gasteiger partial charge in [0.25, 0.3) is 0 Å². The van der Waals surface area contributed by atoms with Crippen molar-refractivity contribution in [2.24, 2.45) is 34.5 Å². The summed E-state index contributed by atoms with van der Waals surface area (Å²) in [4.78, 5) is 12.2. The van der Waals surface area contributed by atoms with Gasteiger partial charge >= 0.3 is 0 Å². The van der Waals surface area contributed by atoms with E-state index >= 15 is 0 Å². The predicted octanol–water partition coefficient (Wildman–Crippen LogP) is -0.865. The van der Waals surface area contributed by atoms with Crippen LogP contribution in [-0.4, -0.2) is 133 Å². The van der Waals surface area contributed by atoms with Crippen molar-refractivity contribution in [3.63, 3.8) is 0 Å². The minimum atomic E-state index is -1.75. The quantitative estimate of drug-likeness (QED) is 0.168. The zero-order valence-corrected chi connectivity index (χ0v) is 26.8. The Kier molecular flexibility index (Phi) is 9.83. The molecule has 262 valence electrons. The molecule has 18 atom stereocenters. The van der Waals surface area contributed by atoms with E-state index in [0.29, 0.717) is 24.7 Å². The van der Waals surface area contributed by atoms with Gasteiger partial charge in [0.05, 0.1) is 25.4 Å². The van der Waals surface area contributed by atoms with Gasteiger partial charge in [-0.05, 0) is 86.0 Å². The molecule has 3 saturated carbocycles. The molecule has 0 amide bonds. The molecule has 0 bridgehead atoms. The fraction of sp³-hybridized carbons (Fsp3) is 0.909. The molecule has 0 aromatic rings. The highest BCUT2D eigenvalue weighted by Crippen LogP contribution is 2.67. The van der Waals surface area contributed by atoms with Crippen molar-refractivity contribution >= 4 is 5.78 Å². The number of carbonyl (C=O) groups excluding carboxylic acids is 1. The minimum Gasteiger partial charge on any atom is -0.394 e. The molecule has 18 unspecified atom stereocenters. The highest BCUT2D eigenvalue weighted by molar-refractivity contribution is 5.91. The Bertz CT molecular complexity index is 1150. The molecule has 0 spiro atoms. The van der Waals surface area contributed by atoms with Gasteiger partial charge in [-0.25, -0.2) is 0 Å². The number of allylic oxidation sites excluding steroid dienone is 1. The van der Waals surface area contributed by atoms with Crippen LogP contribution >= 0.6 is 0 Å². The number of ether oxygens (including phenoxy) is 4. The number of hydrogen-bond acceptors (Lipinski definition) is 13. The highest BCUT2D eigenvalue weighted by Gasteiger charge is 2.63. The van der Waals surface area contributed by atoms with Crippen LogP contribution in [0.25, 0.3) is 0 Å². The summed E-state index contributed by atoms with van der Waals surface area (Å²) >= 11 is 0. The second kappa shape index (κ2) is 13.0. The SMILES string of the molecule is CC(OC1OC(CO)C(OC2OC(CO)C(O)C(O)C2O)C(O)C1O)C1CC(O)C2C3CCC4=CC(=O)CCC4(C)C3CCC12C. The summed E-state index contributed by atoms with van der Waals surface area (Å²) in [5, 5.41) is 83.9. The molecule has 13 heteroatoms. The Morgan fingerprint density at radius 2 is 1.54 bits per heavy atom. The fourth-order valence-electron chi connectivity index (χ4n) is 10.4. The molecule has 2 heterocycles. The molecule has 2 saturated heterocycles. The Labute approximate surface area is 269 Å². The lowest BCUT2D eigenvalue weighted by Gasteiger charge is -2.58. The van der Waals surface area contributed by atoms with Crippen LogP contribution in [0.3, 0.4) is 0 Å². The molecule has 6 rings (SSSR count). The van der Waals surface area contributed by atoms with Crippen LogP contribution in [0.2, 0.25) is 0 Å². The molecule has 4 aliphatic carbocycles. The van der Waals surface area contributed by atoms with E-state index in [1.165, 1.54) is 5.57 Å². The maximum atomic E-state index is 12.2. The van der Waals surface area contributed by atoms with Crippen molar-refractivity contribution in [1.29, 1.82) is 0 Å². The third-order valence-electron chi connectivity index (χ3n) is 12.9. The zero-order chi connectivity index (χ0) is 33.3. The predicted molar refractivity (Wildman–Crippen MR) is 159 cm³/mol. The van der Waals surface area contributed by atoms with Crippen LogP contribution in [0.15, 0.2) is 11.6 Å². The van der Waals surface area contributed by atoms with E-state index in [1.807, 2.05) is 13.0 Å². The third kappa shape index (κ3) is 5.62. The van der Waals surface area contributed by atoms with E-state index in [2.05, 4.69) is 13.8 Å². The summed E-state index contributed by atoms with van der Waals surface area (Å²) < 4.78 is 23.2. The van der Waals surface area contributed by atoms with Gasteiger partial charge in [0, 0.05) is 6.42 Å². The first kappa shape index (κ1) is 34.8. The van der Waals surface area contributed by atoms with Gasteiger partial charge in [-0.2, -0.15) is 0 Å². The van der Waals surface area contributed by atoms with Crippen LogP contribution in [0.5, 0.6) is 0 Å². The molecular weight excluding hydrogens is 604 g/mol. The monoisotopic (exact) mass is 656 g/mol. The van der Waals surface area contributed by atoms with Crippen LogP contribution < -0.4 is 0 Å². The second-order valence-corrected chi connectivity index (χ2v) is 15.2. The average Bonchev–Trinajstić information content (AvgIpc) is 3.31. The Morgan fingerprint density at radius 3 is 2.24 bits per heavy atom. The van der Waals surface area contributed by atoms with Crippen molar-refractivity contribution in [2.75, 3.05) is 13.2 Å². The summed E-state index contributed by atoms with van der Waals surface area (Å²) in [6.07, 6.45) is -8.70. The molecule has 6 aliphatic rings. The van der Waals surface area contributed by atoms with E-state index in [-0.39, 0.29) is 28.4 Å². The lowest BCUT2D eigenvalue weighted by atomic mass is 9.46. The molecule has 5 fully saturated rings. The van der Waals surface area contributed by atoms with Gasteiger partial charge in [0.1, 0.15) is 48.8 Å². The summed E-state index contributed by atoms with van der Waals surface area (Å²) in [7, 11) is 0. The molecule has 0 radical (unpaired) electrons. The Hall–Kier alpha value is -1.07. The summed E-state index contributed by atoms with van der Waals surface area (Å²) in [5.74, 6) is 0.912. The molecule has 0 aromatic carbocycles. The smallest absolute Gasteiger partial charge is 0.187 e. The summed E-state index contributed by atoms with van der Waals surface area (Å²) in [6, 6.07) is 0. The summed E-state index contributed by atoms with van der Waals surface area (Å²) in [6.45, 7) is 5.07. The van der Waals surface area contributed by atoms with E-state index < -0.39 is 86.8 Å². The van der Waals surface area contributed by atoms with Gasteiger partial charge in [-0.15, -0.1) is 0 Å². The topological polar surface area (TPSA) is 216 Å². The number of aliphatic hydroxyl groups is 8.